The monoisotopic (exact) mass is 361 g/mol. The first-order chi connectivity index (χ1) is 10.1. The van der Waals surface area contributed by atoms with Crippen molar-refractivity contribution in [3.8, 4) is 6.07 Å². The molecule has 0 aromatic heterocycles. The van der Waals surface area contributed by atoms with Crippen LogP contribution >= 0.6 is 27.5 Å². The highest BCUT2D eigenvalue weighted by atomic mass is 79.9. The van der Waals surface area contributed by atoms with Crippen LogP contribution in [0.2, 0.25) is 5.02 Å². The molecular formula is C15H9BrClN3O. The lowest BCUT2D eigenvalue weighted by Crippen LogP contribution is -2.20. The first-order valence-corrected chi connectivity index (χ1v) is 7.32. The molecule has 1 heterocycles. The predicted molar refractivity (Wildman–Crippen MR) is 85.3 cm³/mol. The van der Waals surface area contributed by atoms with Gasteiger partial charge >= 0.3 is 0 Å². The fraction of sp³-hybridized carbons (Fsp3) is 0.0667. The zero-order valence-corrected chi connectivity index (χ0v) is 13.0. The second-order valence-electron chi connectivity index (χ2n) is 4.57. The summed E-state index contributed by atoms with van der Waals surface area (Å²) in [6.07, 6.45) is 0. The second-order valence-corrected chi connectivity index (χ2v) is 5.86. The molecular weight excluding hydrogens is 354 g/mol. The number of carbonyl (C=O) groups is 1. The molecule has 1 atom stereocenters. The molecule has 1 aliphatic rings. The van der Waals surface area contributed by atoms with Crippen molar-refractivity contribution in [2.45, 2.75) is 6.04 Å². The first kappa shape index (κ1) is 13.9. The number of nitrogens with zero attached hydrogens (tertiary/aromatic N) is 1. The summed E-state index contributed by atoms with van der Waals surface area (Å²) >= 11 is 9.42. The Hall–Kier alpha value is -2.03. The minimum atomic E-state index is -0.568. The molecule has 6 heteroatoms. The number of anilines is 2. The smallest absolute Gasteiger partial charge is 0.251 e. The molecule has 1 aliphatic heterocycles. The Labute approximate surface area is 134 Å². The Morgan fingerprint density at radius 1 is 1.33 bits per heavy atom. The molecule has 0 spiro atoms. The van der Waals surface area contributed by atoms with Gasteiger partial charge in [-0.05, 0) is 30.3 Å². The number of nitriles is 1. The van der Waals surface area contributed by atoms with Crippen LogP contribution in [-0.2, 0) is 4.79 Å². The molecule has 0 radical (unpaired) electrons. The number of hydrogen-bond donors (Lipinski definition) is 2. The zero-order chi connectivity index (χ0) is 15.0. The fourth-order valence-electron chi connectivity index (χ4n) is 2.30. The maximum Gasteiger partial charge on any atom is 0.251 e. The Kier molecular flexibility index (Phi) is 3.58. The van der Waals surface area contributed by atoms with Crippen LogP contribution in [-0.4, -0.2) is 5.91 Å². The van der Waals surface area contributed by atoms with Gasteiger partial charge in [-0.2, -0.15) is 5.26 Å². The molecule has 0 fully saturated rings. The van der Waals surface area contributed by atoms with Crippen LogP contribution in [0.15, 0.2) is 40.9 Å². The lowest BCUT2D eigenvalue weighted by molar-refractivity contribution is -0.116. The fourth-order valence-corrected chi connectivity index (χ4v) is 3.07. The lowest BCUT2D eigenvalue weighted by Gasteiger charge is -2.15. The highest BCUT2D eigenvalue weighted by Crippen LogP contribution is 2.39. The van der Waals surface area contributed by atoms with Crippen LogP contribution in [0.5, 0.6) is 0 Å². The molecule has 2 aromatic carbocycles. The van der Waals surface area contributed by atoms with Crippen LogP contribution in [0.4, 0.5) is 11.4 Å². The van der Waals surface area contributed by atoms with E-state index in [0.717, 1.165) is 15.7 Å². The van der Waals surface area contributed by atoms with E-state index in [0.29, 0.717) is 16.3 Å². The molecule has 3 rings (SSSR count). The summed E-state index contributed by atoms with van der Waals surface area (Å²) < 4.78 is 0.830. The van der Waals surface area contributed by atoms with Gasteiger partial charge in [0.05, 0.1) is 11.3 Å². The third-order valence-electron chi connectivity index (χ3n) is 3.26. The van der Waals surface area contributed by atoms with Crippen LogP contribution in [0.3, 0.4) is 0 Å². The quantitative estimate of drug-likeness (QED) is 0.846. The van der Waals surface area contributed by atoms with Crippen LogP contribution in [0, 0.1) is 11.3 Å². The van der Waals surface area contributed by atoms with Gasteiger partial charge < -0.3 is 10.6 Å². The van der Waals surface area contributed by atoms with Gasteiger partial charge in [0.2, 0.25) is 0 Å². The first-order valence-electron chi connectivity index (χ1n) is 6.15. The number of carbonyl (C=O) groups excluding carboxylic acids is 1. The van der Waals surface area contributed by atoms with Gasteiger partial charge in [-0.3, -0.25) is 4.79 Å². The molecule has 104 valence electrons. The molecule has 1 unspecified atom stereocenters. The van der Waals surface area contributed by atoms with Crippen molar-refractivity contribution in [2.75, 3.05) is 10.6 Å². The maximum atomic E-state index is 12.2. The Bertz CT molecular complexity index is 785. The average molecular weight is 363 g/mol. The van der Waals surface area contributed by atoms with E-state index < -0.39 is 6.04 Å². The standard InChI is InChI=1S/C15H9BrClN3O/c16-10-2-1-3-11-13(10)14(15(21)20-11)19-12-6-9(17)5-4-8(12)7-18/h1-6,14,19H,(H,20,21). The lowest BCUT2D eigenvalue weighted by atomic mass is 10.1. The number of nitrogens with one attached hydrogen (secondary N) is 2. The molecule has 4 nitrogen and oxygen atoms in total. The summed E-state index contributed by atoms with van der Waals surface area (Å²) in [5.41, 5.74) is 2.56. The molecule has 0 saturated heterocycles. The number of amides is 1. The number of hydrogen-bond acceptors (Lipinski definition) is 3. The van der Waals surface area contributed by atoms with E-state index in [1.807, 2.05) is 18.2 Å². The molecule has 21 heavy (non-hydrogen) atoms. The van der Waals surface area contributed by atoms with E-state index in [9.17, 15) is 4.79 Å². The third kappa shape index (κ3) is 2.48. The van der Waals surface area contributed by atoms with E-state index in [1.165, 1.54) is 0 Å². The van der Waals surface area contributed by atoms with Crippen molar-refractivity contribution in [3.63, 3.8) is 0 Å². The zero-order valence-electron chi connectivity index (χ0n) is 10.7. The summed E-state index contributed by atoms with van der Waals surface area (Å²) in [5, 5.41) is 15.6. The SMILES string of the molecule is N#Cc1ccc(Cl)cc1NC1C(=O)Nc2cccc(Br)c21. The summed E-state index contributed by atoms with van der Waals surface area (Å²) in [6.45, 7) is 0. The van der Waals surface area contributed by atoms with Gasteiger partial charge in [-0.15, -0.1) is 0 Å². The number of fused-ring (bicyclic) bond motifs is 1. The van der Waals surface area contributed by atoms with Gasteiger partial charge in [0.1, 0.15) is 12.1 Å². The molecule has 0 bridgehead atoms. The Balaban J connectivity index is 2.03. The third-order valence-corrected chi connectivity index (χ3v) is 4.19. The Morgan fingerprint density at radius 3 is 2.90 bits per heavy atom. The molecule has 0 saturated carbocycles. The van der Waals surface area contributed by atoms with Crippen molar-refractivity contribution in [1.29, 1.82) is 5.26 Å². The van der Waals surface area contributed by atoms with Crippen LogP contribution < -0.4 is 10.6 Å². The van der Waals surface area contributed by atoms with Crippen LogP contribution in [0.1, 0.15) is 17.2 Å². The minimum absolute atomic E-state index is 0.166. The maximum absolute atomic E-state index is 12.2. The molecule has 2 N–H and O–H groups in total. The predicted octanol–water partition coefficient (Wildman–Crippen LogP) is 4.08. The van der Waals surface area contributed by atoms with Crippen molar-refractivity contribution in [3.05, 3.63) is 57.0 Å². The molecule has 1 amide bonds. The molecule has 2 aromatic rings. The highest BCUT2D eigenvalue weighted by molar-refractivity contribution is 9.10. The summed E-state index contributed by atoms with van der Waals surface area (Å²) in [6, 6.07) is 12.0. The molecule has 0 aliphatic carbocycles. The van der Waals surface area contributed by atoms with Gasteiger partial charge in [0.15, 0.2) is 0 Å². The number of halogens is 2. The van der Waals surface area contributed by atoms with Crippen molar-refractivity contribution >= 4 is 44.8 Å². The highest BCUT2D eigenvalue weighted by Gasteiger charge is 2.32. The van der Waals surface area contributed by atoms with E-state index in [-0.39, 0.29) is 5.91 Å². The van der Waals surface area contributed by atoms with Gasteiger partial charge in [-0.1, -0.05) is 33.6 Å². The van der Waals surface area contributed by atoms with E-state index in [1.54, 1.807) is 18.2 Å². The Morgan fingerprint density at radius 2 is 2.14 bits per heavy atom. The van der Waals surface area contributed by atoms with E-state index >= 15 is 0 Å². The minimum Gasteiger partial charge on any atom is -0.369 e. The average Bonchev–Trinajstić information content (AvgIpc) is 2.77. The van der Waals surface area contributed by atoms with Gasteiger partial charge in [0.25, 0.3) is 5.91 Å². The van der Waals surface area contributed by atoms with Gasteiger partial charge in [0, 0.05) is 20.7 Å². The largest absolute Gasteiger partial charge is 0.369 e. The number of rotatable bonds is 2. The second kappa shape index (κ2) is 5.40. The van der Waals surface area contributed by atoms with E-state index in [4.69, 9.17) is 16.9 Å². The van der Waals surface area contributed by atoms with Crippen molar-refractivity contribution in [1.82, 2.24) is 0 Å². The number of benzene rings is 2. The van der Waals surface area contributed by atoms with Crippen LogP contribution in [0.25, 0.3) is 0 Å². The van der Waals surface area contributed by atoms with E-state index in [2.05, 4.69) is 32.6 Å². The summed E-state index contributed by atoms with van der Waals surface area (Å²) in [7, 11) is 0. The van der Waals surface area contributed by atoms with Gasteiger partial charge in [-0.25, -0.2) is 0 Å². The summed E-state index contributed by atoms with van der Waals surface area (Å²) in [5.74, 6) is -0.166. The summed E-state index contributed by atoms with van der Waals surface area (Å²) in [4.78, 5) is 12.2. The van der Waals surface area contributed by atoms with Crippen molar-refractivity contribution < 1.29 is 4.79 Å². The van der Waals surface area contributed by atoms with Crippen molar-refractivity contribution in [2.24, 2.45) is 0 Å². The normalized spacial score (nSPS) is 16.0. The topological polar surface area (TPSA) is 64.9 Å².